The topological polar surface area (TPSA) is 79.3 Å². The lowest BCUT2D eigenvalue weighted by Crippen LogP contribution is -2.09. The number of hydrogen-bond donors (Lipinski definition) is 2. The van der Waals surface area contributed by atoms with Gasteiger partial charge in [-0.3, -0.25) is 0 Å². The van der Waals surface area contributed by atoms with E-state index in [2.05, 4.69) is 0 Å². The summed E-state index contributed by atoms with van der Waals surface area (Å²) in [7, 11) is 1.42. The molecule has 0 saturated heterocycles. The van der Waals surface area contributed by atoms with Gasteiger partial charge in [-0.2, -0.15) is 5.26 Å². The third-order valence-electron chi connectivity index (χ3n) is 2.01. The van der Waals surface area contributed by atoms with Gasteiger partial charge in [0.25, 0.3) is 0 Å². The summed E-state index contributed by atoms with van der Waals surface area (Å²) in [5.74, 6) is 0.137. The Kier molecular flexibility index (Phi) is 5.97. The Morgan fingerprint density at radius 3 is 2.75 bits per heavy atom. The lowest BCUT2D eigenvalue weighted by Gasteiger charge is -2.12. The minimum absolute atomic E-state index is 0. The van der Waals surface area contributed by atoms with Gasteiger partial charge in [-0.1, -0.05) is 11.6 Å². The molecule has 0 saturated carbocycles. The molecule has 1 aromatic rings. The average molecular weight is 263 g/mol. The number of hydrogen-bond acceptors (Lipinski definition) is 4. The summed E-state index contributed by atoms with van der Waals surface area (Å²) >= 11 is 5.77. The van der Waals surface area contributed by atoms with E-state index in [-0.39, 0.29) is 35.3 Å². The molecule has 0 aliphatic rings. The van der Waals surface area contributed by atoms with Crippen LogP contribution in [0.25, 0.3) is 0 Å². The van der Waals surface area contributed by atoms with E-state index in [1.165, 1.54) is 13.2 Å². The predicted octanol–water partition coefficient (Wildman–Crippen LogP) is 2.39. The Morgan fingerprint density at radius 2 is 2.25 bits per heavy atom. The first-order valence-electron chi connectivity index (χ1n) is 4.29. The number of aromatic hydroxyl groups is 1. The van der Waals surface area contributed by atoms with E-state index in [9.17, 15) is 5.11 Å². The molecule has 1 atom stereocenters. The van der Waals surface area contributed by atoms with E-state index in [1.54, 1.807) is 6.07 Å². The zero-order valence-corrected chi connectivity index (χ0v) is 10.2. The van der Waals surface area contributed by atoms with E-state index >= 15 is 0 Å². The number of rotatable bonds is 3. The highest BCUT2D eigenvalue weighted by molar-refractivity contribution is 6.32. The summed E-state index contributed by atoms with van der Waals surface area (Å²) in [4.78, 5) is 0. The van der Waals surface area contributed by atoms with Crippen LogP contribution in [0.1, 0.15) is 18.0 Å². The van der Waals surface area contributed by atoms with Crippen molar-refractivity contribution in [2.45, 2.75) is 12.5 Å². The maximum atomic E-state index is 9.47. The van der Waals surface area contributed by atoms with Gasteiger partial charge in [0, 0.05) is 6.04 Å². The molecule has 0 aliphatic heterocycles. The normalized spacial score (nSPS) is 11.1. The Hall–Kier alpha value is -1.15. The van der Waals surface area contributed by atoms with Crippen molar-refractivity contribution in [3.63, 3.8) is 0 Å². The van der Waals surface area contributed by atoms with Gasteiger partial charge in [0.15, 0.2) is 11.5 Å². The quantitative estimate of drug-likeness (QED) is 0.877. The Morgan fingerprint density at radius 1 is 1.62 bits per heavy atom. The lowest BCUT2D eigenvalue weighted by atomic mass is 10.0. The molecule has 88 valence electrons. The second-order valence-corrected chi connectivity index (χ2v) is 3.43. The van der Waals surface area contributed by atoms with Crippen molar-refractivity contribution >= 4 is 24.0 Å². The van der Waals surface area contributed by atoms with Crippen LogP contribution in [-0.2, 0) is 0 Å². The molecule has 0 heterocycles. The van der Waals surface area contributed by atoms with Crippen LogP contribution in [0.3, 0.4) is 0 Å². The van der Waals surface area contributed by atoms with E-state index in [1.807, 2.05) is 6.07 Å². The zero-order chi connectivity index (χ0) is 11.4. The van der Waals surface area contributed by atoms with Gasteiger partial charge < -0.3 is 15.6 Å². The van der Waals surface area contributed by atoms with Crippen LogP contribution < -0.4 is 10.5 Å². The van der Waals surface area contributed by atoms with Crippen molar-refractivity contribution in [2.24, 2.45) is 5.73 Å². The number of phenolic OH excluding ortho intramolecular Hbond substituents is 1. The van der Waals surface area contributed by atoms with Crippen molar-refractivity contribution in [1.82, 2.24) is 0 Å². The van der Waals surface area contributed by atoms with Crippen molar-refractivity contribution in [3.8, 4) is 17.6 Å². The second-order valence-electron chi connectivity index (χ2n) is 3.02. The van der Waals surface area contributed by atoms with Crippen LogP contribution in [0, 0.1) is 11.3 Å². The summed E-state index contributed by atoms with van der Waals surface area (Å²) in [6, 6.07) is 4.64. The molecular formula is C10H12Cl2N2O2. The fraction of sp³-hybridized carbons (Fsp3) is 0.300. The Bertz CT molecular complexity index is 405. The highest BCUT2D eigenvalue weighted by Crippen LogP contribution is 2.36. The standard InChI is InChI=1S/C10H11ClN2O2.ClH/c1-15-9-5-6(8(13)2-3-12)4-7(11)10(9)14;/h4-5,8,14H,2,13H2,1H3;1H/t8-;/m1./s1. The first-order chi connectivity index (χ1) is 7.10. The fourth-order valence-corrected chi connectivity index (χ4v) is 1.40. The van der Waals surface area contributed by atoms with Gasteiger partial charge in [-0.05, 0) is 17.7 Å². The number of nitriles is 1. The monoisotopic (exact) mass is 262 g/mol. The summed E-state index contributed by atoms with van der Waals surface area (Å²) in [5, 5.41) is 18.1. The summed E-state index contributed by atoms with van der Waals surface area (Å²) in [6.07, 6.45) is 0.185. The lowest BCUT2D eigenvalue weighted by molar-refractivity contribution is 0.372. The smallest absolute Gasteiger partial charge is 0.176 e. The third-order valence-corrected chi connectivity index (χ3v) is 2.30. The molecule has 0 aromatic heterocycles. The number of halogens is 2. The van der Waals surface area contributed by atoms with Crippen LogP contribution in [0.4, 0.5) is 0 Å². The molecule has 0 amide bonds. The average Bonchev–Trinajstić information content (AvgIpc) is 2.22. The number of benzene rings is 1. The van der Waals surface area contributed by atoms with Gasteiger partial charge >= 0.3 is 0 Å². The summed E-state index contributed by atoms with van der Waals surface area (Å²) in [5.41, 5.74) is 6.39. The molecule has 16 heavy (non-hydrogen) atoms. The maximum Gasteiger partial charge on any atom is 0.176 e. The molecule has 0 radical (unpaired) electrons. The zero-order valence-electron chi connectivity index (χ0n) is 8.61. The SMILES string of the molecule is COc1cc([C@H](N)CC#N)cc(Cl)c1O.Cl. The highest BCUT2D eigenvalue weighted by Gasteiger charge is 2.13. The van der Waals surface area contributed by atoms with Crippen molar-refractivity contribution < 1.29 is 9.84 Å². The molecule has 3 N–H and O–H groups in total. The number of methoxy groups -OCH3 is 1. The van der Waals surface area contributed by atoms with E-state index in [4.69, 9.17) is 27.3 Å². The van der Waals surface area contributed by atoms with Gasteiger partial charge in [-0.25, -0.2) is 0 Å². The highest BCUT2D eigenvalue weighted by atomic mass is 35.5. The molecule has 0 bridgehead atoms. The first-order valence-corrected chi connectivity index (χ1v) is 4.67. The molecule has 6 heteroatoms. The largest absolute Gasteiger partial charge is 0.503 e. The number of nitrogens with zero attached hydrogens (tertiary/aromatic N) is 1. The molecule has 0 fully saturated rings. The molecule has 4 nitrogen and oxygen atoms in total. The number of nitrogens with two attached hydrogens (primary N) is 1. The molecule has 1 rings (SSSR count). The minimum atomic E-state index is -0.429. The van der Waals surface area contributed by atoms with Crippen LogP contribution >= 0.6 is 24.0 Å². The van der Waals surface area contributed by atoms with Crippen molar-refractivity contribution in [2.75, 3.05) is 7.11 Å². The molecule has 0 unspecified atom stereocenters. The maximum absolute atomic E-state index is 9.47. The van der Waals surface area contributed by atoms with Crippen molar-refractivity contribution in [3.05, 3.63) is 22.7 Å². The molecular weight excluding hydrogens is 251 g/mol. The third kappa shape index (κ3) is 3.17. The summed E-state index contributed by atoms with van der Waals surface area (Å²) < 4.78 is 4.92. The van der Waals surface area contributed by atoms with Crippen LogP contribution in [0.5, 0.6) is 11.5 Å². The second kappa shape index (κ2) is 6.44. The molecule has 0 spiro atoms. The van der Waals surface area contributed by atoms with Gasteiger partial charge in [0.2, 0.25) is 0 Å². The fourth-order valence-electron chi connectivity index (χ4n) is 1.18. The molecule has 0 aliphatic carbocycles. The summed E-state index contributed by atoms with van der Waals surface area (Å²) in [6.45, 7) is 0. The van der Waals surface area contributed by atoms with Gasteiger partial charge in [0.1, 0.15) is 0 Å². The molecule has 1 aromatic carbocycles. The van der Waals surface area contributed by atoms with Crippen LogP contribution in [0.15, 0.2) is 12.1 Å². The van der Waals surface area contributed by atoms with E-state index in [0.717, 1.165) is 0 Å². The van der Waals surface area contributed by atoms with Crippen LogP contribution in [-0.4, -0.2) is 12.2 Å². The number of phenols is 1. The minimum Gasteiger partial charge on any atom is -0.503 e. The number of ether oxygens (including phenoxy) is 1. The first kappa shape index (κ1) is 14.8. The Labute approximate surface area is 105 Å². The van der Waals surface area contributed by atoms with E-state index < -0.39 is 6.04 Å². The Balaban J connectivity index is 0.00000225. The predicted molar refractivity (Wildman–Crippen MR) is 64.1 cm³/mol. The van der Waals surface area contributed by atoms with Crippen molar-refractivity contribution in [1.29, 1.82) is 5.26 Å². The van der Waals surface area contributed by atoms with Gasteiger partial charge in [-0.15, -0.1) is 12.4 Å². The van der Waals surface area contributed by atoms with Crippen LogP contribution in [0.2, 0.25) is 5.02 Å². The van der Waals surface area contributed by atoms with E-state index in [0.29, 0.717) is 5.56 Å². The van der Waals surface area contributed by atoms with Gasteiger partial charge in [0.05, 0.1) is 24.6 Å².